The van der Waals surface area contributed by atoms with E-state index in [1.807, 2.05) is 0 Å². The highest BCUT2D eigenvalue weighted by atomic mass is 16.5. The summed E-state index contributed by atoms with van der Waals surface area (Å²) in [7, 11) is 0. The highest BCUT2D eigenvalue weighted by Crippen LogP contribution is 2.13. The molecule has 1 saturated heterocycles. The first-order valence-corrected chi connectivity index (χ1v) is 9.03. The first-order valence-electron chi connectivity index (χ1n) is 9.03. The summed E-state index contributed by atoms with van der Waals surface area (Å²) in [6.07, 6.45) is 0. The zero-order chi connectivity index (χ0) is 19.2. The number of phenolic OH excluding ortho intramolecular Hbond substituents is 1. The molecule has 6 heteroatoms. The van der Waals surface area contributed by atoms with Crippen molar-refractivity contribution in [2.24, 2.45) is 0 Å². The van der Waals surface area contributed by atoms with Gasteiger partial charge in [0.05, 0.1) is 5.56 Å². The number of aryl methyl sites for hydroxylation is 1. The molecule has 2 aromatic rings. The van der Waals surface area contributed by atoms with Gasteiger partial charge in [-0.1, -0.05) is 35.9 Å². The van der Waals surface area contributed by atoms with Gasteiger partial charge in [-0.3, -0.25) is 9.69 Å². The molecular weight excluding hydrogens is 344 g/mol. The van der Waals surface area contributed by atoms with Crippen LogP contribution in [0, 0.1) is 6.92 Å². The van der Waals surface area contributed by atoms with Gasteiger partial charge in [-0.2, -0.15) is 0 Å². The molecule has 1 aliphatic heterocycles. The molecule has 142 valence electrons. The number of piperazine rings is 1. The Hall–Kier alpha value is -2.86. The van der Waals surface area contributed by atoms with Crippen LogP contribution in [0.5, 0.6) is 5.75 Å². The summed E-state index contributed by atoms with van der Waals surface area (Å²) in [5.74, 6) is -0.823. The Morgan fingerprint density at radius 3 is 2.48 bits per heavy atom. The minimum atomic E-state index is -0.614. The van der Waals surface area contributed by atoms with Crippen LogP contribution in [-0.4, -0.2) is 59.6 Å². The number of hydrogen-bond donors (Lipinski definition) is 1. The molecule has 1 aliphatic rings. The third kappa shape index (κ3) is 5.31. The molecule has 1 fully saturated rings. The van der Waals surface area contributed by atoms with E-state index < -0.39 is 5.97 Å². The van der Waals surface area contributed by atoms with Gasteiger partial charge in [-0.15, -0.1) is 0 Å². The third-order valence-corrected chi connectivity index (χ3v) is 4.62. The van der Waals surface area contributed by atoms with Crippen molar-refractivity contribution in [3.63, 3.8) is 0 Å². The molecule has 27 heavy (non-hydrogen) atoms. The van der Waals surface area contributed by atoms with Crippen molar-refractivity contribution in [1.29, 1.82) is 0 Å². The molecule has 0 spiro atoms. The lowest BCUT2D eigenvalue weighted by Gasteiger charge is -2.34. The van der Waals surface area contributed by atoms with Crippen molar-refractivity contribution < 1.29 is 19.4 Å². The summed E-state index contributed by atoms with van der Waals surface area (Å²) in [5.41, 5.74) is 2.75. The number of aromatic hydroxyl groups is 1. The van der Waals surface area contributed by atoms with E-state index in [-0.39, 0.29) is 23.8 Å². The van der Waals surface area contributed by atoms with Gasteiger partial charge in [0, 0.05) is 32.7 Å². The van der Waals surface area contributed by atoms with Crippen LogP contribution in [0.4, 0.5) is 0 Å². The second-order valence-corrected chi connectivity index (χ2v) is 6.77. The number of nitrogens with zero attached hydrogens (tertiary/aromatic N) is 2. The maximum Gasteiger partial charge on any atom is 0.338 e. The van der Waals surface area contributed by atoms with Crippen LogP contribution in [0.25, 0.3) is 0 Å². The van der Waals surface area contributed by atoms with Crippen LogP contribution < -0.4 is 0 Å². The normalized spacial score (nSPS) is 14.8. The van der Waals surface area contributed by atoms with E-state index in [2.05, 4.69) is 36.1 Å². The van der Waals surface area contributed by atoms with Crippen molar-refractivity contribution in [3.05, 3.63) is 65.2 Å². The molecule has 1 heterocycles. The van der Waals surface area contributed by atoms with Gasteiger partial charge in [0.15, 0.2) is 6.61 Å². The second kappa shape index (κ2) is 8.68. The maximum atomic E-state index is 12.3. The molecule has 2 aromatic carbocycles. The van der Waals surface area contributed by atoms with Crippen LogP contribution in [-0.2, 0) is 16.1 Å². The zero-order valence-corrected chi connectivity index (χ0v) is 15.4. The Kier molecular flexibility index (Phi) is 6.08. The van der Waals surface area contributed by atoms with E-state index in [0.717, 1.165) is 19.6 Å². The highest BCUT2D eigenvalue weighted by Gasteiger charge is 2.22. The first kappa shape index (κ1) is 18.9. The SMILES string of the molecule is Cc1cccc(CN2CCN(C(=O)COC(=O)c3cccc(O)c3)CC2)c1. The van der Waals surface area contributed by atoms with Crippen LogP contribution in [0.2, 0.25) is 0 Å². The summed E-state index contributed by atoms with van der Waals surface area (Å²) in [6, 6.07) is 14.3. The summed E-state index contributed by atoms with van der Waals surface area (Å²) in [4.78, 5) is 28.3. The van der Waals surface area contributed by atoms with Crippen LogP contribution in [0.1, 0.15) is 21.5 Å². The fourth-order valence-corrected chi connectivity index (χ4v) is 3.16. The largest absolute Gasteiger partial charge is 0.508 e. The molecule has 0 aliphatic carbocycles. The van der Waals surface area contributed by atoms with Gasteiger partial charge in [-0.25, -0.2) is 4.79 Å². The summed E-state index contributed by atoms with van der Waals surface area (Å²) in [5, 5.41) is 9.40. The van der Waals surface area contributed by atoms with Gasteiger partial charge in [0.25, 0.3) is 5.91 Å². The number of rotatable bonds is 5. The molecule has 0 aromatic heterocycles. The number of amides is 1. The number of carbonyl (C=O) groups is 2. The smallest absolute Gasteiger partial charge is 0.338 e. The lowest BCUT2D eigenvalue weighted by Crippen LogP contribution is -2.49. The van der Waals surface area contributed by atoms with Crippen LogP contribution in [0.15, 0.2) is 48.5 Å². The molecule has 3 rings (SSSR count). The van der Waals surface area contributed by atoms with Crippen molar-refractivity contribution in [1.82, 2.24) is 9.80 Å². The number of ether oxygens (including phenoxy) is 1. The number of esters is 1. The first-order chi connectivity index (χ1) is 13.0. The molecule has 0 unspecified atom stereocenters. The van der Waals surface area contributed by atoms with Gasteiger partial charge in [0.1, 0.15) is 5.75 Å². The van der Waals surface area contributed by atoms with E-state index in [1.54, 1.807) is 11.0 Å². The Morgan fingerprint density at radius 2 is 1.78 bits per heavy atom. The number of hydrogen-bond acceptors (Lipinski definition) is 5. The Labute approximate surface area is 159 Å². The van der Waals surface area contributed by atoms with Gasteiger partial charge in [0.2, 0.25) is 0 Å². The minimum absolute atomic E-state index is 0.0134. The Balaban J connectivity index is 1.43. The zero-order valence-electron chi connectivity index (χ0n) is 15.4. The molecule has 0 bridgehead atoms. The van der Waals surface area contributed by atoms with Crippen molar-refractivity contribution in [2.45, 2.75) is 13.5 Å². The average molecular weight is 368 g/mol. The monoisotopic (exact) mass is 368 g/mol. The van der Waals surface area contributed by atoms with E-state index >= 15 is 0 Å². The average Bonchev–Trinajstić information content (AvgIpc) is 2.66. The predicted molar refractivity (Wildman–Crippen MR) is 101 cm³/mol. The summed E-state index contributed by atoms with van der Waals surface area (Å²) >= 11 is 0. The van der Waals surface area contributed by atoms with E-state index in [1.165, 1.54) is 29.3 Å². The second-order valence-electron chi connectivity index (χ2n) is 6.77. The van der Waals surface area contributed by atoms with Gasteiger partial charge >= 0.3 is 5.97 Å². The fourth-order valence-electron chi connectivity index (χ4n) is 3.16. The van der Waals surface area contributed by atoms with Gasteiger partial charge in [-0.05, 0) is 30.7 Å². The van der Waals surface area contributed by atoms with Crippen molar-refractivity contribution in [3.8, 4) is 5.75 Å². The fraction of sp³-hybridized carbons (Fsp3) is 0.333. The highest BCUT2D eigenvalue weighted by molar-refractivity contribution is 5.91. The Bertz CT molecular complexity index is 813. The topological polar surface area (TPSA) is 70.1 Å². The number of benzene rings is 2. The Morgan fingerprint density at radius 1 is 1.04 bits per heavy atom. The summed E-state index contributed by atoms with van der Waals surface area (Å²) in [6.45, 7) is 5.49. The van der Waals surface area contributed by atoms with Crippen molar-refractivity contribution >= 4 is 11.9 Å². The maximum absolute atomic E-state index is 12.3. The number of phenols is 1. The minimum Gasteiger partial charge on any atom is -0.508 e. The van der Waals surface area contributed by atoms with E-state index in [0.29, 0.717) is 13.1 Å². The third-order valence-electron chi connectivity index (χ3n) is 4.62. The molecule has 0 atom stereocenters. The summed E-state index contributed by atoms with van der Waals surface area (Å²) < 4.78 is 5.08. The van der Waals surface area contributed by atoms with Crippen molar-refractivity contribution in [2.75, 3.05) is 32.8 Å². The quantitative estimate of drug-likeness (QED) is 0.820. The molecule has 0 radical (unpaired) electrons. The lowest BCUT2D eigenvalue weighted by atomic mass is 10.1. The number of carbonyl (C=O) groups excluding carboxylic acids is 2. The molecule has 1 N–H and O–H groups in total. The molecule has 0 saturated carbocycles. The molecule has 1 amide bonds. The van der Waals surface area contributed by atoms with Gasteiger partial charge < -0.3 is 14.7 Å². The molecular formula is C21H24N2O4. The van der Waals surface area contributed by atoms with E-state index in [9.17, 15) is 14.7 Å². The lowest BCUT2D eigenvalue weighted by molar-refractivity contribution is -0.136. The van der Waals surface area contributed by atoms with Crippen LogP contribution >= 0.6 is 0 Å². The van der Waals surface area contributed by atoms with E-state index in [4.69, 9.17) is 4.74 Å². The molecule has 6 nitrogen and oxygen atoms in total. The standard InChI is InChI=1S/C21H24N2O4/c1-16-4-2-5-17(12-16)14-22-8-10-23(11-9-22)20(25)15-27-21(26)18-6-3-7-19(24)13-18/h2-7,12-13,24H,8-11,14-15H2,1H3. The van der Waals surface area contributed by atoms with Crippen LogP contribution in [0.3, 0.4) is 0 Å². The predicted octanol–water partition coefficient (Wildman–Crippen LogP) is 2.20.